The lowest BCUT2D eigenvalue weighted by Gasteiger charge is -2.01. The Hall–Kier alpha value is -2.67. The summed E-state index contributed by atoms with van der Waals surface area (Å²) in [6.07, 6.45) is 0. The summed E-state index contributed by atoms with van der Waals surface area (Å²) >= 11 is 0. The van der Waals surface area contributed by atoms with Gasteiger partial charge in [0.2, 0.25) is 5.88 Å². The molecule has 3 aromatic rings. The van der Waals surface area contributed by atoms with Crippen molar-refractivity contribution >= 4 is 26.6 Å². The second kappa shape index (κ2) is 6.33. The van der Waals surface area contributed by atoms with E-state index < -0.39 is 10.0 Å². The van der Waals surface area contributed by atoms with E-state index >= 15 is 0 Å². The summed E-state index contributed by atoms with van der Waals surface area (Å²) in [5, 5.41) is 15.0. The number of hydrogen-bond acceptors (Lipinski definition) is 4. The van der Waals surface area contributed by atoms with Crippen molar-refractivity contribution in [3.05, 3.63) is 53.6 Å². The highest BCUT2D eigenvalue weighted by Crippen LogP contribution is 2.39. The third kappa shape index (κ3) is 3.15. The van der Waals surface area contributed by atoms with Crippen LogP contribution >= 0.6 is 0 Å². The maximum atomic E-state index is 12.4. The van der Waals surface area contributed by atoms with Gasteiger partial charge in [-0.3, -0.25) is 0 Å². The van der Waals surface area contributed by atoms with Gasteiger partial charge in [0.1, 0.15) is 0 Å². The molecule has 130 valence electrons. The summed E-state index contributed by atoms with van der Waals surface area (Å²) in [4.78, 5) is 0.0664. The van der Waals surface area contributed by atoms with E-state index in [9.17, 15) is 13.5 Å². The maximum absolute atomic E-state index is 12.4. The molecule has 3 rings (SSSR count). The molecular weight excluding hydrogens is 338 g/mol. The number of hydrogen-bond donors (Lipinski definition) is 1. The largest absolute Gasteiger partial charge is 0.493 e. The molecule has 0 bridgehead atoms. The predicted octanol–water partition coefficient (Wildman–Crippen LogP) is 4.46. The molecule has 0 amide bonds. The zero-order valence-electron chi connectivity index (χ0n) is 14.3. The molecule has 0 saturated heterocycles. The normalized spacial score (nSPS) is 12.3. The van der Waals surface area contributed by atoms with Gasteiger partial charge in [-0.25, -0.2) is 0 Å². The van der Waals surface area contributed by atoms with Crippen LogP contribution in [0.4, 0.5) is 5.69 Å². The number of sulfonamides is 1. The van der Waals surface area contributed by atoms with Crippen LogP contribution in [0.2, 0.25) is 0 Å². The van der Waals surface area contributed by atoms with Gasteiger partial charge < -0.3 is 9.67 Å². The Kier molecular flexibility index (Phi) is 4.34. The fourth-order valence-corrected chi connectivity index (χ4v) is 3.47. The SMILES string of the molecule is CCn1c(O)c(N=NS(=O)(=O)c2ccc(C)cc2)c2cc(C)ccc21. The lowest BCUT2D eigenvalue weighted by Crippen LogP contribution is -1.95. The number of aryl methyl sites for hydroxylation is 3. The van der Waals surface area contributed by atoms with E-state index in [-0.39, 0.29) is 16.5 Å². The van der Waals surface area contributed by atoms with E-state index in [0.717, 1.165) is 16.6 Å². The molecule has 0 fully saturated rings. The Morgan fingerprint density at radius 3 is 2.32 bits per heavy atom. The average molecular weight is 357 g/mol. The molecule has 0 unspecified atom stereocenters. The Bertz CT molecular complexity index is 1070. The highest BCUT2D eigenvalue weighted by atomic mass is 32.2. The molecule has 25 heavy (non-hydrogen) atoms. The molecule has 7 heteroatoms. The molecule has 6 nitrogen and oxygen atoms in total. The third-order valence-corrected chi connectivity index (χ3v) is 5.21. The highest BCUT2D eigenvalue weighted by Gasteiger charge is 2.18. The zero-order valence-corrected chi connectivity index (χ0v) is 15.1. The van der Waals surface area contributed by atoms with Gasteiger partial charge in [-0.2, -0.15) is 8.42 Å². The van der Waals surface area contributed by atoms with E-state index in [1.165, 1.54) is 12.1 Å². The fraction of sp³-hybridized carbons (Fsp3) is 0.222. The van der Waals surface area contributed by atoms with Crippen LogP contribution in [0, 0.1) is 13.8 Å². The van der Waals surface area contributed by atoms with E-state index in [0.29, 0.717) is 11.9 Å². The van der Waals surface area contributed by atoms with Crippen molar-refractivity contribution in [3.8, 4) is 5.88 Å². The minimum absolute atomic E-state index is 0.0664. The van der Waals surface area contributed by atoms with Gasteiger partial charge >= 0.3 is 0 Å². The zero-order chi connectivity index (χ0) is 18.2. The van der Waals surface area contributed by atoms with Crippen LogP contribution in [0.15, 0.2) is 57.0 Å². The van der Waals surface area contributed by atoms with Crippen LogP contribution in [-0.2, 0) is 16.6 Å². The van der Waals surface area contributed by atoms with Gasteiger partial charge in [-0.05, 0) is 45.0 Å². The first kappa shape index (κ1) is 17.2. The summed E-state index contributed by atoms with van der Waals surface area (Å²) in [6.45, 7) is 6.22. The van der Waals surface area contributed by atoms with Gasteiger partial charge in [0.05, 0.1) is 10.4 Å². The van der Waals surface area contributed by atoms with E-state index in [1.54, 1.807) is 16.7 Å². The molecular formula is C18H19N3O3S. The Morgan fingerprint density at radius 1 is 1.04 bits per heavy atom. The summed E-state index contributed by atoms with van der Waals surface area (Å²) in [5.74, 6) is -0.0917. The predicted molar refractivity (Wildman–Crippen MR) is 96.9 cm³/mol. The van der Waals surface area contributed by atoms with Crippen molar-refractivity contribution in [3.63, 3.8) is 0 Å². The molecule has 0 aliphatic heterocycles. The smallest absolute Gasteiger partial charge is 0.299 e. The van der Waals surface area contributed by atoms with E-state index in [1.807, 2.05) is 39.0 Å². The number of rotatable bonds is 4. The van der Waals surface area contributed by atoms with E-state index in [2.05, 4.69) is 9.63 Å². The molecule has 0 radical (unpaired) electrons. The van der Waals surface area contributed by atoms with Crippen LogP contribution < -0.4 is 0 Å². The average Bonchev–Trinajstić information content (AvgIpc) is 2.83. The summed E-state index contributed by atoms with van der Waals surface area (Å²) in [7, 11) is -3.93. The van der Waals surface area contributed by atoms with Gasteiger partial charge in [-0.1, -0.05) is 33.8 Å². The Morgan fingerprint density at radius 2 is 1.68 bits per heavy atom. The van der Waals surface area contributed by atoms with Crippen LogP contribution in [0.25, 0.3) is 10.9 Å². The van der Waals surface area contributed by atoms with Crippen LogP contribution in [0.1, 0.15) is 18.1 Å². The molecule has 0 saturated carbocycles. The quantitative estimate of drug-likeness (QED) is 0.700. The number of nitrogens with zero attached hydrogens (tertiary/aromatic N) is 3. The molecule has 0 aliphatic rings. The highest BCUT2D eigenvalue weighted by molar-refractivity contribution is 7.90. The van der Waals surface area contributed by atoms with Crippen molar-refractivity contribution in [2.24, 2.45) is 9.63 Å². The summed E-state index contributed by atoms with van der Waals surface area (Å²) in [6, 6.07) is 12.0. The summed E-state index contributed by atoms with van der Waals surface area (Å²) in [5.41, 5.74) is 2.89. The van der Waals surface area contributed by atoms with Gasteiger partial charge in [0, 0.05) is 11.9 Å². The number of benzene rings is 2. The van der Waals surface area contributed by atoms with Crippen molar-refractivity contribution in [2.45, 2.75) is 32.2 Å². The molecule has 0 atom stereocenters. The third-order valence-electron chi connectivity index (χ3n) is 4.05. The van der Waals surface area contributed by atoms with E-state index in [4.69, 9.17) is 0 Å². The van der Waals surface area contributed by atoms with Crippen molar-refractivity contribution in [2.75, 3.05) is 0 Å². The molecule has 1 aromatic heterocycles. The lowest BCUT2D eigenvalue weighted by atomic mass is 10.1. The second-order valence-corrected chi connectivity index (χ2v) is 7.49. The summed E-state index contributed by atoms with van der Waals surface area (Å²) < 4.78 is 29.9. The van der Waals surface area contributed by atoms with Crippen molar-refractivity contribution in [1.82, 2.24) is 4.57 Å². The topological polar surface area (TPSA) is 84.0 Å². The molecule has 1 N–H and O–H groups in total. The Balaban J connectivity index is 2.11. The molecule has 1 heterocycles. The molecule has 0 aliphatic carbocycles. The molecule has 2 aromatic carbocycles. The van der Waals surface area contributed by atoms with Gasteiger partial charge in [-0.15, -0.1) is 5.11 Å². The van der Waals surface area contributed by atoms with Crippen LogP contribution in [-0.4, -0.2) is 18.1 Å². The number of aromatic nitrogens is 1. The Labute approximate surface area is 146 Å². The standard InChI is InChI=1S/C18H19N3O3S/c1-4-21-16-10-7-13(3)11-15(16)17(18(21)22)19-20-25(23,24)14-8-5-12(2)6-9-14/h5-11,22H,4H2,1-3H3. The first-order valence-corrected chi connectivity index (χ1v) is 9.34. The first-order valence-electron chi connectivity index (χ1n) is 7.90. The first-order chi connectivity index (χ1) is 11.8. The van der Waals surface area contributed by atoms with Crippen molar-refractivity contribution in [1.29, 1.82) is 0 Å². The minimum atomic E-state index is -3.93. The number of aromatic hydroxyl groups is 1. The number of fused-ring (bicyclic) bond motifs is 1. The monoisotopic (exact) mass is 357 g/mol. The lowest BCUT2D eigenvalue weighted by molar-refractivity contribution is 0.427. The van der Waals surface area contributed by atoms with Gasteiger partial charge in [0.25, 0.3) is 10.0 Å². The van der Waals surface area contributed by atoms with Gasteiger partial charge in [0.15, 0.2) is 5.69 Å². The van der Waals surface area contributed by atoms with Crippen LogP contribution in [0.5, 0.6) is 5.88 Å². The minimum Gasteiger partial charge on any atom is -0.493 e. The van der Waals surface area contributed by atoms with Crippen LogP contribution in [0.3, 0.4) is 0 Å². The maximum Gasteiger partial charge on any atom is 0.299 e. The van der Waals surface area contributed by atoms with Crippen molar-refractivity contribution < 1.29 is 13.5 Å². The second-order valence-electron chi connectivity index (χ2n) is 5.91. The fourth-order valence-electron chi connectivity index (χ4n) is 2.71. The molecule has 0 spiro atoms.